The zero-order valence-electron chi connectivity index (χ0n) is 15.0. The molecule has 9 heteroatoms. The van der Waals surface area contributed by atoms with Crippen LogP contribution in [0.25, 0.3) is 0 Å². The van der Waals surface area contributed by atoms with Gasteiger partial charge in [-0.25, -0.2) is 9.18 Å². The highest BCUT2D eigenvalue weighted by atomic mass is 19.4. The third-order valence-electron chi connectivity index (χ3n) is 4.05. The first kappa shape index (κ1) is 21.4. The Bertz CT molecular complexity index is 850. The van der Waals surface area contributed by atoms with Crippen LogP contribution >= 0.6 is 0 Å². The van der Waals surface area contributed by atoms with Crippen LogP contribution in [0.1, 0.15) is 22.8 Å². The molecule has 2 aromatic rings. The molecule has 0 bridgehead atoms. The molecular weight excluding hydrogens is 382 g/mol. The average Bonchev–Trinajstić information content (AvgIpc) is 2.66. The summed E-state index contributed by atoms with van der Waals surface area (Å²) in [6.07, 6.45) is -5.31. The second kappa shape index (κ2) is 7.97. The molecule has 0 aliphatic carbocycles. The zero-order chi connectivity index (χ0) is 21.1. The van der Waals surface area contributed by atoms with Crippen molar-refractivity contribution in [3.63, 3.8) is 0 Å². The van der Waals surface area contributed by atoms with E-state index in [-0.39, 0.29) is 17.9 Å². The van der Waals surface area contributed by atoms with Crippen molar-refractivity contribution in [3.05, 3.63) is 65.5 Å². The second-order valence-corrected chi connectivity index (χ2v) is 5.85. The van der Waals surface area contributed by atoms with Gasteiger partial charge in [0, 0.05) is 23.9 Å². The molecule has 0 aliphatic heterocycles. The third-order valence-corrected chi connectivity index (χ3v) is 4.05. The Balaban J connectivity index is 2.33. The predicted octanol–water partition coefficient (Wildman–Crippen LogP) is 3.42. The van der Waals surface area contributed by atoms with Gasteiger partial charge in [0.15, 0.2) is 0 Å². The minimum atomic E-state index is -5.31. The average molecular weight is 399 g/mol. The summed E-state index contributed by atoms with van der Waals surface area (Å²) in [6, 6.07) is 8.80. The van der Waals surface area contributed by atoms with Gasteiger partial charge < -0.3 is 14.7 Å². The number of ether oxygens (including phenoxy) is 1. The number of amides is 1. The molecule has 0 saturated heterocycles. The van der Waals surface area contributed by atoms with Gasteiger partial charge >= 0.3 is 12.1 Å². The molecule has 1 N–H and O–H groups in total. The predicted molar refractivity (Wildman–Crippen MR) is 92.2 cm³/mol. The Kier molecular flexibility index (Phi) is 6.08. The van der Waals surface area contributed by atoms with E-state index < -0.39 is 35.0 Å². The molecule has 5 nitrogen and oxygen atoms in total. The van der Waals surface area contributed by atoms with Gasteiger partial charge in [-0.05, 0) is 43.3 Å². The van der Waals surface area contributed by atoms with Crippen LogP contribution in [0.3, 0.4) is 0 Å². The molecule has 28 heavy (non-hydrogen) atoms. The summed E-state index contributed by atoms with van der Waals surface area (Å²) in [5.41, 5.74) is -4.20. The van der Waals surface area contributed by atoms with Crippen molar-refractivity contribution in [1.29, 1.82) is 0 Å². The zero-order valence-corrected chi connectivity index (χ0v) is 15.0. The van der Waals surface area contributed by atoms with Gasteiger partial charge in [0.05, 0.1) is 6.61 Å². The van der Waals surface area contributed by atoms with E-state index in [2.05, 4.69) is 4.74 Å². The molecule has 0 saturated carbocycles. The van der Waals surface area contributed by atoms with Crippen molar-refractivity contribution in [3.8, 4) is 0 Å². The fourth-order valence-electron chi connectivity index (χ4n) is 2.46. The molecule has 0 heterocycles. The minimum Gasteiger partial charge on any atom is -0.463 e. The molecule has 1 unspecified atom stereocenters. The normalized spacial score (nSPS) is 13.5. The molecule has 1 atom stereocenters. The van der Waals surface area contributed by atoms with Gasteiger partial charge in [-0.1, -0.05) is 12.1 Å². The molecule has 1 amide bonds. The van der Waals surface area contributed by atoms with Crippen molar-refractivity contribution >= 4 is 17.6 Å². The van der Waals surface area contributed by atoms with Crippen LogP contribution in [-0.4, -0.2) is 36.8 Å². The Morgan fingerprint density at radius 1 is 1.04 bits per heavy atom. The third kappa shape index (κ3) is 3.99. The number of carbonyl (C=O) groups is 2. The molecule has 150 valence electrons. The van der Waals surface area contributed by atoms with Crippen molar-refractivity contribution in [2.45, 2.75) is 18.7 Å². The number of rotatable bonds is 5. The lowest BCUT2D eigenvalue weighted by atomic mass is 9.93. The van der Waals surface area contributed by atoms with E-state index in [4.69, 9.17) is 0 Å². The highest BCUT2D eigenvalue weighted by Gasteiger charge is 2.62. The van der Waals surface area contributed by atoms with Gasteiger partial charge in [0.1, 0.15) is 5.82 Å². The van der Waals surface area contributed by atoms with Crippen LogP contribution in [0.2, 0.25) is 0 Å². The molecular formula is C19H17F4NO4. The van der Waals surface area contributed by atoms with Crippen LogP contribution in [-0.2, 0) is 15.1 Å². The number of aliphatic hydroxyl groups is 1. The summed E-state index contributed by atoms with van der Waals surface area (Å²) in [7, 11) is 1.38. The molecule has 0 aliphatic rings. The van der Waals surface area contributed by atoms with E-state index >= 15 is 0 Å². The number of benzene rings is 2. The summed E-state index contributed by atoms with van der Waals surface area (Å²) < 4.78 is 57.4. The van der Waals surface area contributed by atoms with E-state index in [0.29, 0.717) is 0 Å². The maximum atomic E-state index is 13.4. The van der Waals surface area contributed by atoms with Crippen LogP contribution in [0.5, 0.6) is 0 Å². The highest BCUT2D eigenvalue weighted by molar-refractivity contribution is 6.05. The van der Waals surface area contributed by atoms with Crippen molar-refractivity contribution < 1.29 is 37.0 Å². The summed E-state index contributed by atoms with van der Waals surface area (Å²) >= 11 is 0. The van der Waals surface area contributed by atoms with Crippen LogP contribution < -0.4 is 4.90 Å². The number of esters is 1. The Morgan fingerprint density at radius 3 is 2.04 bits per heavy atom. The van der Waals surface area contributed by atoms with E-state index in [1.165, 1.54) is 26.1 Å². The molecule has 0 aromatic heterocycles. The molecule has 2 rings (SSSR count). The second-order valence-electron chi connectivity index (χ2n) is 5.85. The summed E-state index contributed by atoms with van der Waals surface area (Å²) in [5.74, 6) is -2.89. The van der Waals surface area contributed by atoms with Gasteiger partial charge in [-0.3, -0.25) is 4.79 Å². The quantitative estimate of drug-likeness (QED) is 0.618. The lowest BCUT2D eigenvalue weighted by Crippen LogP contribution is -2.50. The molecule has 0 radical (unpaired) electrons. The minimum absolute atomic E-state index is 0.172. The topological polar surface area (TPSA) is 66.8 Å². The Morgan fingerprint density at radius 2 is 1.57 bits per heavy atom. The van der Waals surface area contributed by atoms with Gasteiger partial charge in [-0.2, -0.15) is 13.2 Å². The number of halogens is 4. The molecule has 0 spiro atoms. The number of hydrogen-bond acceptors (Lipinski definition) is 4. The smallest absolute Gasteiger partial charge is 0.432 e. The Hall–Kier alpha value is -2.94. The molecule has 2 aromatic carbocycles. The number of nitrogens with zero attached hydrogens (tertiary/aromatic N) is 1. The first-order valence-electron chi connectivity index (χ1n) is 8.12. The lowest BCUT2D eigenvalue weighted by Gasteiger charge is -2.29. The van der Waals surface area contributed by atoms with Crippen molar-refractivity contribution in [2.75, 3.05) is 18.6 Å². The summed E-state index contributed by atoms with van der Waals surface area (Å²) in [4.78, 5) is 25.3. The highest BCUT2D eigenvalue weighted by Crippen LogP contribution is 2.40. The lowest BCUT2D eigenvalue weighted by molar-refractivity contribution is -0.267. The van der Waals surface area contributed by atoms with Crippen LogP contribution in [0.4, 0.5) is 23.2 Å². The van der Waals surface area contributed by atoms with Crippen LogP contribution in [0.15, 0.2) is 48.5 Å². The van der Waals surface area contributed by atoms with E-state index in [0.717, 1.165) is 41.3 Å². The first-order chi connectivity index (χ1) is 13.0. The maximum Gasteiger partial charge on any atom is 0.432 e. The van der Waals surface area contributed by atoms with Gasteiger partial charge in [-0.15, -0.1) is 0 Å². The van der Waals surface area contributed by atoms with E-state index in [1.54, 1.807) is 0 Å². The van der Waals surface area contributed by atoms with Gasteiger partial charge in [0.25, 0.3) is 11.5 Å². The monoisotopic (exact) mass is 399 g/mol. The fourth-order valence-corrected chi connectivity index (χ4v) is 2.46. The summed E-state index contributed by atoms with van der Waals surface area (Å²) in [5, 5.41) is 10.0. The number of hydrogen-bond donors (Lipinski definition) is 1. The van der Waals surface area contributed by atoms with Gasteiger partial charge in [0.2, 0.25) is 0 Å². The standard InChI is InChI=1S/C19H17F4NO4/c1-3-28-17(26)18(27,19(21,22)23)13-6-10-15(11-7-13)24(2)16(25)12-4-8-14(20)9-5-12/h4-11,27H,3H2,1-2H3. The number of carbonyl (C=O) groups excluding carboxylic acids is 2. The number of anilines is 1. The Labute approximate surface area is 158 Å². The fraction of sp³-hybridized carbons (Fsp3) is 0.263. The summed E-state index contributed by atoms with van der Waals surface area (Å²) in [6.45, 7) is 0.970. The number of alkyl halides is 3. The van der Waals surface area contributed by atoms with Crippen molar-refractivity contribution in [1.82, 2.24) is 0 Å². The van der Waals surface area contributed by atoms with E-state index in [1.807, 2.05) is 0 Å². The maximum absolute atomic E-state index is 13.4. The van der Waals surface area contributed by atoms with Crippen molar-refractivity contribution in [2.24, 2.45) is 0 Å². The largest absolute Gasteiger partial charge is 0.463 e. The van der Waals surface area contributed by atoms with Crippen LogP contribution in [0, 0.1) is 5.82 Å². The SMILES string of the molecule is CCOC(=O)C(O)(c1ccc(N(C)C(=O)c2ccc(F)cc2)cc1)C(F)(F)F. The molecule has 0 fully saturated rings. The van der Waals surface area contributed by atoms with E-state index in [9.17, 15) is 32.3 Å². The first-order valence-corrected chi connectivity index (χ1v) is 8.12.